The molecule has 1 aliphatic rings. The normalized spacial score (nSPS) is 19.9. The minimum absolute atomic E-state index is 0.153. The first-order chi connectivity index (χ1) is 14.5. The Bertz CT molecular complexity index is 649. The molecule has 1 heterocycles. The van der Waals surface area contributed by atoms with Crippen LogP contribution in [0, 0.1) is 0 Å². The molecule has 5 nitrogen and oxygen atoms in total. The highest BCUT2D eigenvalue weighted by molar-refractivity contribution is 6.07. The van der Waals surface area contributed by atoms with Crippen molar-refractivity contribution >= 4 is 11.9 Å². The zero-order chi connectivity index (χ0) is 21.8. The highest BCUT2D eigenvalue weighted by atomic mass is 16.2. The first kappa shape index (κ1) is 24.4. The fourth-order valence-corrected chi connectivity index (χ4v) is 4.20. The van der Waals surface area contributed by atoms with Gasteiger partial charge in [-0.05, 0) is 32.4 Å². The van der Waals surface area contributed by atoms with Gasteiger partial charge in [0, 0.05) is 6.42 Å². The summed E-state index contributed by atoms with van der Waals surface area (Å²) in [6.07, 6.45) is 13.2. The molecular formula is C25H41N3O2. The third-order valence-corrected chi connectivity index (χ3v) is 6.05. The van der Waals surface area contributed by atoms with Crippen LogP contribution >= 0.6 is 0 Å². The minimum atomic E-state index is -0.883. The van der Waals surface area contributed by atoms with Crippen molar-refractivity contribution in [2.75, 3.05) is 6.54 Å². The molecule has 1 fully saturated rings. The number of amides is 3. The van der Waals surface area contributed by atoms with Crippen molar-refractivity contribution in [3.63, 3.8) is 0 Å². The van der Waals surface area contributed by atoms with Crippen molar-refractivity contribution in [1.82, 2.24) is 15.5 Å². The third-order valence-electron chi connectivity index (χ3n) is 6.05. The summed E-state index contributed by atoms with van der Waals surface area (Å²) >= 11 is 0. The molecule has 1 aromatic carbocycles. The molecule has 3 amide bonds. The summed E-state index contributed by atoms with van der Waals surface area (Å²) in [7, 11) is 0. The molecule has 2 N–H and O–H groups in total. The van der Waals surface area contributed by atoms with Gasteiger partial charge in [0.05, 0.1) is 6.17 Å². The topological polar surface area (TPSA) is 61.4 Å². The number of carbonyl (C=O) groups excluding carboxylic acids is 2. The van der Waals surface area contributed by atoms with E-state index in [-0.39, 0.29) is 18.1 Å². The molecule has 0 aliphatic carbocycles. The van der Waals surface area contributed by atoms with Crippen LogP contribution in [0.15, 0.2) is 30.3 Å². The Morgan fingerprint density at radius 1 is 0.933 bits per heavy atom. The second-order valence-electron chi connectivity index (χ2n) is 8.91. The number of hydrogen-bond donors (Lipinski definition) is 2. The van der Waals surface area contributed by atoms with E-state index in [2.05, 4.69) is 17.6 Å². The van der Waals surface area contributed by atoms with Crippen LogP contribution in [-0.2, 0) is 11.2 Å². The Labute approximate surface area is 183 Å². The van der Waals surface area contributed by atoms with Crippen molar-refractivity contribution in [3.05, 3.63) is 35.9 Å². The van der Waals surface area contributed by atoms with Gasteiger partial charge in [-0.1, -0.05) is 95.0 Å². The summed E-state index contributed by atoms with van der Waals surface area (Å²) in [5.41, 5.74) is 0.160. The van der Waals surface area contributed by atoms with Crippen LogP contribution < -0.4 is 10.6 Å². The number of rotatable bonds is 15. The summed E-state index contributed by atoms with van der Waals surface area (Å²) in [5, 5.41) is 6.26. The molecule has 168 valence electrons. The molecule has 1 saturated heterocycles. The van der Waals surface area contributed by atoms with Crippen molar-refractivity contribution in [2.24, 2.45) is 0 Å². The van der Waals surface area contributed by atoms with Crippen LogP contribution in [-0.4, -0.2) is 35.1 Å². The maximum Gasteiger partial charge on any atom is 0.326 e. The minimum Gasteiger partial charge on any atom is -0.323 e. The van der Waals surface area contributed by atoms with Crippen LogP contribution in [0.2, 0.25) is 0 Å². The van der Waals surface area contributed by atoms with E-state index >= 15 is 0 Å². The molecular weight excluding hydrogens is 374 g/mol. The lowest BCUT2D eigenvalue weighted by Gasteiger charge is -2.25. The molecule has 0 saturated carbocycles. The van der Waals surface area contributed by atoms with Crippen LogP contribution in [0.3, 0.4) is 0 Å². The van der Waals surface area contributed by atoms with Gasteiger partial charge in [-0.25, -0.2) is 9.69 Å². The molecule has 2 unspecified atom stereocenters. The molecule has 2 atom stereocenters. The monoisotopic (exact) mass is 415 g/mol. The zero-order valence-corrected chi connectivity index (χ0v) is 19.2. The quantitative estimate of drug-likeness (QED) is 0.298. The largest absolute Gasteiger partial charge is 0.326 e. The lowest BCUT2D eigenvalue weighted by molar-refractivity contribution is -0.132. The van der Waals surface area contributed by atoms with Gasteiger partial charge in [0.1, 0.15) is 5.54 Å². The predicted octanol–water partition coefficient (Wildman–Crippen LogP) is 5.40. The lowest BCUT2D eigenvalue weighted by Crippen LogP contribution is -2.50. The summed E-state index contributed by atoms with van der Waals surface area (Å²) in [6.45, 7) is 6.78. The first-order valence-corrected chi connectivity index (χ1v) is 11.9. The van der Waals surface area contributed by atoms with E-state index < -0.39 is 5.54 Å². The standard InChI is InChI=1S/C25H41N3O2/c1-4-5-6-7-8-9-10-11-12-16-19-26-21(2)28-23(29)25(3,27-24(28)30)20-22-17-14-13-15-18-22/h13-15,17-18,21,26H,4-12,16,19-20H2,1-3H3,(H,27,30). The van der Waals surface area contributed by atoms with Crippen molar-refractivity contribution in [1.29, 1.82) is 0 Å². The zero-order valence-electron chi connectivity index (χ0n) is 19.2. The molecule has 5 heteroatoms. The van der Waals surface area contributed by atoms with Gasteiger partial charge in [-0.3, -0.25) is 10.1 Å². The van der Waals surface area contributed by atoms with E-state index in [1.54, 1.807) is 0 Å². The number of imide groups is 1. The number of nitrogens with one attached hydrogen (secondary N) is 2. The third kappa shape index (κ3) is 7.42. The molecule has 0 spiro atoms. The Morgan fingerprint density at radius 3 is 2.10 bits per heavy atom. The van der Waals surface area contributed by atoms with E-state index in [1.165, 1.54) is 62.7 Å². The molecule has 0 aromatic heterocycles. The second-order valence-corrected chi connectivity index (χ2v) is 8.91. The van der Waals surface area contributed by atoms with Gasteiger partial charge in [0.2, 0.25) is 0 Å². The Balaban J connectivity index is 1.65. The molecule has 30 heavy (non-hydrogen) atoms. The number of hydrogen-bond acceptors (Lipinski definition) is 3. The first-order valence-electron chi connectivity index (χ1n) is 11.9. The second kappa shape index (κ2) is 12.7. The highest BCUT2D eigenvalue weighted by Gasteiger charge is 2.49. The van der Waals surface area contributed by atoms with Crippen LogP contribution in [0.4, 0.5) is 4.79 Å². The summed E-state index contributed by atoms with van der Waals surface area (Å²) in [6, 6.07) is 9.53. The van der Waals surface area contributed by atoms with E-state index in [0.29, 0.717) is 6.42 Å². The average molecular weight is 416 g/mol. The molecule has 1 aliphatic heterocycles. The highest BCUT2D eigenvalue weighted by Crippen LogP contribution is 2.23. The fraction of sp³-hybridized carbons (Fsp3) is 0.680. The van der Waals surface area contributed by atoms with Crippen molar-refractivity contribution < 1.29 is 9.59 Å². The van der Waals surface area contributed by atoms with E-state index in [1.807, 2.05) is 44.2 Å². The maximum absolute atomic E-state index is 13.0. The fourth-order valence-electron chi connectivity index (χ4n) is 4.20. The van der Waals surface area contributed by atoms with Gasteiger partial charge in [0.15, 0.2) is 0 Å². The van der Waals surface area contributed by atoms with Crippen LogP contribution in [0.1, 0.15) is 90.5 Å². The van der Waals surface area contributed by atoms with E-state index in [9.17, 15) is 9.59 Å². The van der Waals surface area contributed by atoms with Crippen molar-refractivity contribution in [2.45, 2.75) is 103 Å². The summed E-state index contributed by atoms with van der Waals surface area (Å²) < 4.78 is 0. The van der Waals surface area contributed by atoms with E-state index in [4.69, 9.17) is 0 Å². The van der Waals surface area contributed by atoms with Gasteiger partial charge < -0.3 is 5.32 Å². The number of urea groups is 1. The van der Waals surface area contributed by atoms with Crippen molar-refractivity contribution in [3.8, 4) is 0 Å². The van der Waals surface area contributed by atoms with Crippen LogP contribution in [0.25, 0.3) is 0 Å². The lowest BCUT2D eigenvalue weighted by atomic mass is 9.93. The molecule has 0 bridgehead atoms. The Hall–Kier alpha value is -1.88. The number of benzene rings is 1. The Kier molecular flexibility index (Phi) is 10.4. The van der Waals surface area contributed by atoms with Gasteiger partial charge in [-0.2, -0.15) is 0 Å². The maximum atomic E-state index is 13.0. The molecule has 0 radical (unpaired) electrons. The van der Waals surface area contributed by atoms with Gasteiger partial charge in [-0.15, -0.1) is 0 Å². The predicted molar refractivity (Wildman–Crippen MR) is 123 cm³/mol. The Morgan fingerprint density at radius 2 is 1.50 bits per heavy atom. The number of carbonyl (C=O) groups is 2. The average Bonchev–Trinajstić information content (AvgIpc) is 2.94. The molecule has 2 rings (SSSR count). The van der Waals surface area contributed by atoms with Gasteiger partial charge in [0.25, 0.3) is 5.91 Å². The SMILES string of the molecule is CCCCCCCCCCCCNC(C)N1C(=O)NC(C)(Cc2ccccc2)C1=O. The number of nitrogens with zero attached hydrogens (tertiary/aromatic N) is 1. The summed E-state index contributed by atoms with van der Waals surface area (Å²) in [4.78, 5) is 26.8. The number of unbranched alkanes of at least 4 members (excludes halogenated alkanes) is 9. The van der Waals surface area contributed by atoms with E-state index in [0.717, 1.165) is 18.5 Å². The summed E-state index contributed by atoms with van der Waals surface area (Å²) in [5.74, 6) is -0.153. The van der Waals surface area contributed by atoms with Crippen LogP contribution in [0.5, 0.6) is 0 Å². The van der Waals surface area contributed by atoms with Gasteiger partial charge >= 0.3 is 6.03 Å². The smallest absolute Gasteiger partial charge is 0.323 e. The molecule has 1 aromatic rings.